The van der Waals surface area contributed by atoms with E-state index < -0.39 is 5.97 Å². The fraction of sp³-hybridized carbons (Fsp3) is 0.333. The third-order valence-corrected chi connectivity index (χ3v) is 4.83. The lowest BCUT2D eigenvalue weighted by Gasteiger charge is -2.36. The van der Waals surface area contributed by atoms with E-state index in [0.29, 0.717) is 24.3 Å². The number of piperazine rings is 1. The number of esters is 1. The van der Waals surface area contributed by atoms with E-state index in [0.717, 1.165) is 24.5 Å². The molecule has 0 aliphatic carbocycles. The Morgan fingerprint density at radius 2 is 1.68 bits per heavy atom. The van der Waals surface area contributed by atoms with Gasteiger partial charge < -0.3 is 24.8 Å². The molecule has 1 heterocycles. The molecule has 0 spiro atoms. The van der Waals surface area contributed by atoms with Crippen LogP contribution < -0.4 is 15.1 Å². The average molecular weight is 382 g/mol. The Morgan fingerprint density at radius 1 is 1.00 bits per heavy atom. The molecule has 1 aliphatic heterocycles. The number of amides is 2. The van der Waals surface area contributed by atoms with Crippen molar-refractivity contribution in [2.24, 2.45) is 0 Å². The van der Waals surface area contributed by atoms with Gasteiger partial charge in [0.15, 0.2) is 0 Å². The van der Waals surface area contributed by atoms with E-state index in [2.05, 4.69) is 39.4 Å². The third kappa shape index (κ3) is 4.54. The number of ether oxygens (including phenoxy) is 1. The largest absolute Gasteiger partial charge is 0.465 e. The van der Waals surface area contributed by atoms with Crippen molar-refractivity contribution in [3.63, 3.8) is 0 Å². The molecule has 7 heteroatoms. The van der Waals surface area contributed by atoms with Crippen LogP contribution in [-0.2, 0) is 4.74 Å². The molecule has 7 nitrogen and oxygen atoms in total. The number of rotatable bonds is 4. The zero-order valence-corrected chi connectivity index (χ0v) is 16.5. The monoisotopic (exact) mass is 382 g/mol. The summed E-state index contributed by atoms with van der Waals surface area (Å²) in [5.74, 6) is -0.426. The highest BCUT2D eigenvalue weighted by Crippen LogP contribution is 2.21. The van der Waals surface area contributed by atoms with Crippen molar-refractivity contribution in [3.8, 4) is 0 Å². The predicted molar refractivity (Wildman–Crippen MR) is 111 cm³/mol. The minimum Gasteiger partial charge on any atom is -0.465 e. The van der Waals surface area contributed by atoms with Crippen molar-refractivity contribution in [2.75, 3.05) is 62.5 Å². The SMILES string of the molecule is COC(=O)c1cccc(NC(=O)N2CCN(c3ccc(N(C)C)cc3)CC2)c1. The Balaban J connectivity index is 1.56. The average Bonchev–Trinajstić information content (AvgIpc) is 2.73. The molecule has 1 fully saturated rings. The van der Waals surface area contributed by atoms with Gasteiger partial charge in [-0.1, -0.05) is 6.07 Å². The number of carbonyl (C=O) groups is 2. The first kappa shape index (κ1) is 19.5. The summed E-state index contributed by atoms with van der Waals surface area (Å²) in [5, 5.41) is 2.86. The van der Waals surface area contributed by atoms with Gasteiger partial charge in [0.05, 0.1) is 12.7 Å². The summed E-state index contributed by atoms with van der Waals surface area (Å²) in [6.45, 7) is 2.82. The molecule has 2 aromatic carbocycles. The van der Waals surface area contributed by atoms with E-state index >= 15 is 0 Å². The van der Waals surface area contributed by atoms with Crippen LogP contribution in [0, 0.1) is 0 Å². The fourth-order valence-electron chi connectivity index (χ4n) is 3.17. The minimum absolute atomic E-state index is 0.162. The van der Waals surface area contributed by atoms with Crippen molar-refractivity contribution < 1.29 is 14.3 Å². The first-order valence-electron chi connectivity index (χ1n) is 9.24. The molecule has 0 radical (unpaired) electrons. The Kier molecular flexibility index (Phi) is 6.03. The number of hydrogen-bond acceptors (Lipinski definition) is 5. The van der Waals surface area contributed by atoms with E-state index in [4.69, 9.17) is 4.74 Å². The number of methoxy groups -OCH3 is 1. The third-order valence-electron chi connectivity index (χ3n) is 4.83. The maximum atomic E-state index is 12.6. The summed E-state index contributed by atoms with van der Waals surface area (Å²) in [6, 6.07) is 15.0. The van der Waals surface area contributed by atoms with Crippen LogP contribution in [0.4, 0.5) is 21.9 Å². The lowest BCUT2D eigenvalue weighted by atomic mass is 10.2. The zero-order valence-electron chi connectivity index (χ0n) is 16.5. The molecule has 1 aliphatic rings. The molecular weight excluding hydrogens is 356 g/mol. The van der Waals surface area contributed by atoms with Crippen LogP contribution in [0.2, 0.25) is 0 Å². The second-order valence-corrected chi connectivity index (χ2v) is 6.89. The second kappa shape index (κ2) is 8.65. The molecule has 1 N–H and O–H groups in total. The highest BCUT2D eigenvalue weighted by Gasteiger charge is 2.21. The molecule has 0 atom stereocenters. The molecular formula is C21H26N4O3. The fourth-order valence-corrected chi connectivity index (χ4v) is 3.17. The first-order valence-corrected chi connectivity index (χ1v) is 9.24. The van der Waals surface area contributed by atoms with Crippen molar-refractivity contribution in [1.82, 2.24) is 4.90 Å². The normalized spacial score (nSPS) is 13.8. The van der Waals surface area contributed by atoms with E-state index in [9.17, 15) is 9.59 Å². The number of nitrogens with zero attached hydrogens (tertiary/aromatic N) is 3. The molecule has 0 unspecified atom stereocenters. The molecule has 0 saturated carbocycles. The van der Waals surface area contributed by atoms with E-state index in [-0.39, 0.29) is 6.03 Å². The van der Waals surface area contributed by atoms with Crippen LogP contribution in [0.1, 0.15) is 10.4 Å². The predicted octanol–water partition coefficient (Wildman–Crippen LogP) is 2.89. The molecule has 148 valence electrons. The zero-order chi connectivity index (χ0) is 20.1. The molecule has 3 rings (SSSR count). The summed E-state index contributed by atoms with van der Waals surface area (Å²) in [6.07, 6.45) is 0. The highest BCUT2D eigenvalue weighted by molar-refractivity contribution is 5.94. The number of anilines is 3. The van der Waals surface area contributed by atoms with Crippen molar-refractivity contribution in [2.45, 2.75) is 0 Å². The van der Waals surface area contributed by atoms with E-state index in [1.165, 1.54) is 7.11 Å². The van der Waals surface area contributed by atoms with Crippen LogP contribution >= 0.6 is 0 Å². The highest BCUT2D eigenvalue weighted by atomic mass is 16.5. The van der Waals surface area contributed by atoms with Gasteiger partial charge in [-0.2, -0.15) is 0 Å². The number of hydrogen-bond donors (Lipinski definition) is 1. The lowest BCUT2D eigenvalue weighted by Crippen LogP contribution is -2.50. The minimum atomic E-state index is -0.426. The van der Waals surface area contributed by atoms with Crippen LogP contribution in [0.15, 0.2) is 48.5 Å². The molecule has 0 bridgehead atoms. The van der Waals surface area contributed by atoms with Gasteiger partial charge in [-0.25, -0.2) is 9.59 Å². The maximum absolute atomic E-state index is 12.6. The molecule has 28 heavy (non-hydrogen) atoms. The quantitative estimate of drug-likeness (QED) is 0.824. The second-order valence-electron chi connectivity index (χ2n) is 6.89. The summed E-state index contributed by atoms with van der Waals surface area (Å²) < 4.78 is 4.72. The standard InChI is InChI=1S/C21H26N4O3/c1-23(2)18-7-9-19(10-8-18)24-11-13-25(14-12-24)21(27)22-17-6-4-5-16(15-17)20(26)28-3/h4-10,15H,11-14H2,1-3H3,(H,22,27). The Labute approximate surface area is 165 Å². The summed E-state index contributed by atoms with van der Waals surface area (Å²) in [4.78, 5) is 30.3. The van der Waals surface area contributed by atoms with Gasteiger partial charge in [0.2, 0.25) is 0 Å². The Morgan fingerprint density at radius 3 is 2.29 bits per heavy atom. The summed E-state index contributed by atoms with van der Waals surface area (Å²) in [5.41, 5.74) is 3.31. The van der Waals surface area contributed by atoms with Crippen molar-refractivity contribution >= 4 is 29.1 Å². The molecule has 2 amide bonds. The number of benzene rings is 2. The molecule has 1 saturated heterocycles. The van der Waals surface area contributed by atoms with Gasteiger partial charge in [0.1, 0.15) is 0 Å². The van der Waals surface area contributed by atoms with Crippen molar-refractivity contribution in [1.29, 1.82) is 0 Å². The topological polar surface area (TPSA) is 65.1 Å². The van der Waals surface area contributed by atoms with Gasteiger partial charge in [-0.3, -0.25) is 0 Å². The van der Waals surface area contributed by atoms with Crippen LogP contribution in [0.25, 0.3) is 0 Å². The first-order chi connectivity index (χ1) is 13.5. The Bertz CT molecular complexity index is 828. The van der Waals surface area contributed by atoms with Gasteiger partial charge in [-0.05, 0) is 42.5 Å². The summed E-state index contributed by atoms with van der Waals surface area (Å²) >= 11 is 0. The molecule has 0 aromatic heterocycles. The van der Waals surface area contributed by atoms with Crippen LogP contribution in [-0.4, -0.2) is 64.3 Å². The van der Waals surface area contributed by atoms with Gasteiger partial charge in [0.25, 0.3) is 0 Å². The molecule has 2 aromatic rings. The summed E-state index contributed by atoms with van der Waals surface area (Å²) in [7, 11) is 5.38. The van der Waals surface area contributed by atoms with Crippen LogP contribution in [0.3, 0.4) is 0 Å². The van der Waals surface area contributed by atoms with Crippen molar-refractivity contribution in [3.05, 3.63) is 54.1 Å². The van der Waals surface area contributed by atoms with E-state index in [1.54, 1.807) is 29.2 Å². The number of nitrogens with one attached hydrogen (secondary N) is 1. The van der Waals surface area contributed by atoms with Gasteiger partial charge in [0, 0.05) is 57.3 Å². The van der Waals surface area contributed by atoms with E-state index in [1.807, 2.05) is 14.1 Å². The Hall–Kier alpha value is -3.22. The van der Waals surface area contributed by atoms with Gasteiger partial charge in [-0.15, -0.1) is 0 Å². The smallest absolute Gasteiger partial charge is 0.337 e. The van der Waals surface area contributed by atoms with Crippen LogP contribution in [0.5, 0.6) is 0 Å². The van der Waals surface area contributed by atoms with Gasteiger partial charge >= 0.3 is 12.0 Å². The number of carbonyl (C=O) groups excluding carboxylic acids is 2. The number of urea groups is 1. The lowest BCUT2D eigenvalue weighted by molar-refractivity contribution is 0.0600. The maximum Gasteiger partial charge on any atom is 0.337 e.